The Bertz CT molecular complexity index is 368. The monoisotopic (exact) mass is 241 g/mol. The average Bonchev–Trinajstić information content (AvgIpc) is 2.18. The van der Waals surface area contributed by atoms with Gasteiger partial charge >= 0.3 is 5.97 Å². The quantitative estimate of drug-likeness (QED) is 0.786. The average molecular weight is 242 g/mol. The highest BCUT2D eigenvalue weighted by atomic mass is 35.5. The van der Waals surface area contributed by atoms with Gasteiger partial charge in [-0.15, -0.1) is 12.4 Å². The summed E-state index contributed by atoms with van der Waals surface area (Å²) in [4.78, 5) is 11.0. The highest BCUT2D eigenvalue weighted by molar-refractivity contribution is 5.85. The van der Waals surface area contributed by atoms with Crippen molar-refractivity contribution >= 4 is 18.4 Å². The topological polar surface area (TPSA) is 49.3 Å². The van der Waals surface area contributed by atoms with E-state index in [1.54, 1.807) is 0 Å². The molecule has 3 nitrogen and oxygen atoms in total. The zero-order chi connectivity index (χ0) is 10.7. The van der Waals surface area contributed by atoms with Gasteiger partial charge < -0.3 is 10.4 Å². The van der Waals surface area contributed by atoms with Crippen molar-refractivity contribution in [3.05, 3.63) is 35.4 Å². The molecule has 1 atom stereocenters. The van der Waals surface area contributed by atoms with Gasteiger partial charge in [0.1, 0.15) is 6.04 Å². The van der Waals surface area contributed by atoms with E-state index in [1.165, 1.54) is 5.56 Å². The number of aliphatic carboxylic acids is 1. The SMILES string of the molecule is Cl.O=C(O)C1Cc2ccccc2CCCN1. The first-order valence-corrected chi connectivity index (χ1v) is 5.30. The Labute approximate surface area is 101 Å². The summed E-state index contributed by atoms with van der Waals surface area (Å²) in [6.45, 7) is 0.783. The fourth-order valence-corrected chi connectivity index (χ4v) is 2.02. The molecule has 16 heavy (non-hydrogen) atoms. The van der Waals surface area contributed by atoms with Crippen LogP contribution in [0.25, 0.3) is 0 Å². The molecule has 0 saturated carbocycles. The molecule has 0 radical (unpaired) electrons. The second-order valence-corrected chi connectivity index (χ2v) is 3.92. The molecule has 0 bridgehead atoms. The van der Waals surface area contributed by atoms with E-state index in [4.69, 9.17) is 5.11 Å². The van der Waals surface area contributed by atoms with Gasteiger partial charge in [0.25, 0.3) is 0 Å². The molecular formula is C12H16ClNO2. The van der Waals surface area contributed by atoms with E-state index in [0.29, 0.717) is 6.42 Å². The fraction of sp³-hybridized carbons (Fsp3) is 0.417. The van der Waals surface area contributed by atoms with Crippen molar-refractivity contribution < 1.29 is 9.90 Å². The van der Waals surface area contributed by atoms with Crippen molar-refractivity contribution in [2.75, 3.05) is 6.54 Å². The first-order chi connectivity index (χ1) is 7.27. The van der Waals surface area contributed by atoms with Crippen LogP contribution in [0.1, 0.15) is 17.5 Å². The third-order valence-corrected chi connectivity index (χ3v) is 2.85. The van der Waals surface area contributed by atoms with Gasteiger partial charge in [-0.3, -0.25) is 4.79 Å². The van der Waals surface area contributed by atoms with Gasteiger partial charge in [0.2, 0.25) is 0 Å². The summed E-state index contributed by atoms with van der Waals surface area (Å²) in [5.41, 5.74) is 2.46. The zero-order valence-electron chi connectivity index (χ0n) is 8.98. The van der Waals surface area contributed by atoms with Crippen LogP contribution in [-0.2, 0) is 17.6 Å². The molecule has 88 valence electrons. The van der Waals surface area contributed by atoms with E-state index in [0.717, 1.165) is 24.9 Å². The Hall–Kier alpha value is -1.06. The van der Waals surface area contributed by atoms with Gasteiger partial charge in [-0.25, -0.2) is 0 Å². The number of halogens is 1. The fourth-order valence-electron chi connectivity index (χ4n) is 2.02. The lowest BCUT2D eigenvalue weighted by molar-refractivity contribution is -0.139. The first kappa shape index (κ1) is 13.0. The van der Waals surface area contributed by atoms with Crippen LogP contribution in [0, 0.1) is 0 Å². The van der Waals surface area contributed by atoms with Crippen LogP contribution in [-0.4, -0.2) is 23.7 Å². The minimum Gasteiger partial charge on any atom is -0.480 e. The van der Waals surface area contributed by atoms with Gasteiger partial charge in [-0.1, -0.05) is 24.3 Å². The molecule has 1 aromatic rings. The van der Waals surface area contributed by atoms with Crippen LogP contribution >= 0.6 is 12.4 Å². The molecule has 0 saturated heterocycles. The summed E-state index contributed by atoms with van der Waals surface area (Å²) >= 11 is 0. The van der Waals surface area contributed by atoms with Crippen molar-refractivity contribution in [3.8, 4) is 0 Å². The number of hydrogen-bond acceptors (Lipinski definition) is 2. The number of carboxylic acids is 1. The molecule has 0 fully saturated rings. The summed E-state index contributed by atoms with van der Waals surface area (Å²) < 4.78 is 0. The van der Waals surface area contributed by atoms with Crippen molar-refractivity contribution in [1.82, 2.24) is 5.32 Å². The summed E-state index contributed by atoms with van der Waals surface area (Å²) in [5.74, 6) is -0.758. The lowest BCUT2D eigenvalue weighted by Gasteiger charge is -2.20. The van der Waals surface area contributed by atoms with Crippen molar-refractivity contribution in [3.63, 3.8) is 0 Å². The van der Waals surface area contributed by atoms with Crippen LogP contribution in [0.3, 0.4) is 0 Å². The number of aryl methyl sites for hydroxylation is 1. The van der Waals surface area contributed by atoms with Crippen LogP contribution < -0.4 is 5.32 Å². The van der Waals surface area contributed by atoms with Crippen LogP contribution in [0.15, 0.2) is 24.3 Å². The number of fused-ring (bicyclic) bond motifs is 1. The van der Waals surface area contributed by atoms with Crippen molar-refractivity contribution in [1.29, 1.82) is 0 Å². The maximum atomic E-state index is 11.0. The van der Waals surface area contributed by atoms with Gasteiger partial charge in [-0.05, 0) is 36.9 Å². The largest absolute Gasteiger partial charge is 0.480 e. The molecule has 0 aromatic heterocycles. The second kappa shape index (κ2) is 5.87. The van der Waals surface area contributed by atoms with Crippen molar-refractivity contribution in [2.24, 2.45) is 0 Å². The first-order valence-electron chi connectivity index (χ1n) is 5.30. The number of hydrogen-bond donors (Lipinski definition) is 2. The molecule has 4 heteroatoms. The minimum absolute atomic E-state index is 0. The predicted molar refractivity (Wildman–Crippen MR) is 65.1 cm³/mol. The van der Waals surface area contributed by atoms with E-state index in [2.05, 4.69) is 11.4 Å². The Balaban J connectivity index is 0.00000128. The molecule has 1 aromatic carbocycles. The summed E-state index contributed by atoms with van der Waals surface area (Å²) in [5, 5.41) is 12.1. The highest BCUT2D eigenvalue weighted by Crippen LogP contribution is 2.15. The third-order valence-electron chi connectivity index (χ3n) is 2.85. The molecule has 0 spiro atoms. The lowest BCUT2D eigenvalue weighted by atomic mass is 9.95. The van der Waals surface area contributed by atoms with Gasteiger partial charge in [0, 0.05) is 0 Å². The Morgan fingerprint density at radius 3 is 2.69 bits per heavy atom. The second-order valence-electron chi connectivity index (χ2n) is 3.92. The van der Waals surface area contributed by atoms with Crippen LogP contribution in [0.4, 0.5) is 0 Å². The molecule has 1 aliphatic heterocycles. The van der Waals surface area contributed by atoms with E-state index in [-0.39, 0.29) is 12.4 Å². The molecule has 1 unspecified atom stereocenters. The number of carboxylic acid groups (broad SMARTS) is 1. The Kier molecular flexibility index (Phi) is 4.77. The molecular weight excluding hydrogens is 226 g/mol. The van der Waals surface area contributed by atoms with Crippen LogP contribution in [0.2, 0.25) is 0 Å². The number of nitrogens with one attached hydrogen (secondary N) is 1. The maximum absolute atomic E-state index is 11.0. The highest BCUT2D eigenvalue weighted by Gasteiger charge is 2.20. The van der Waals surface area contributed by atoms with Gasteiger partial charge in [-0.2, -0.15) is 0 Å². The number of carbonyl (C=O) groups is 1. The van der Waals surface area contributed by atoms with Crippen molar-refractivity contribution in [2.45, 2.75) is 25.3 Å². The number of rotatable bonds is 1. The maximum Gasteiger partial charge on any atom is 0.321 e. The summed E-state index contributed by atoms with van der Waals surface area (Å²) in [6, 6.07) is 7.67. The molecule has 1 aliphatic rings. The molecule has 0 amide bonds. The van der Waals surface area contributed by atoms with E-state index in [9.17, 15) is 4.79 Å². The van der Waals surface area contributed by atoms with E-state index in [1.807, 2.05) is 18.2 Å². The van der Waals surface area contributed by atoms with E-state index < -0.39 is 12.0 Å². The summed E-state index contributed by atoms with van der Waals surface area (Å²) in [6.07, 6.45) is 2.63. The smallest absolute Gasteiger partial charge is 0.321 e. The van der Waals surface area contributed by atoms with Gasteiger partial charge in [0.15, 0.2) is 0 Å². The molecule has 2 N–H and O–H groups in total. The Morgan fingerprint density at radius 2 is 2.00 bits per heavy atom. The molecule has 2 rings (SSSR count). The molecule has 1 heterocycles. The lowest BCUT2D eigenvalue weighted by Crippen LogP contribution is -2.40. The van der Waals surface area contributed by atoms with E-state index >= 15 is 0 Å². The zero-order valence-corrected chi connectivity index (χ0v) is 9.80. The summed E-state index contributed by atoms with van der Waals surface area (Å²) in [7, 11) is 0. The molecule has 0 aliphatic carbocycles. The minimum atomic E-state index is -0.758. The Morgan fingerprint density at radius 1 is 1.31 bits per heavy atom. The third kappa shape index (κ3) is 2.97. The standard InChI is InChI=1S/C12H15NO2.ClH/c14-12(15)11-8-10-5-2-1-4-9(10)6-3-7-13-11;/h1-2,4-5,11,13H,3,6-8H2,(H,14,15);1H. The normalized spacial score (nSPS) is 19.9. The van der Waals surface area contributed by atoms with Crippen LogP contribution in [0.5, 0.6) is 0 Å². The number of benzene rings is 1. The van der Waals surface area contributed by atoms with Gasteiger partial charge in [0.05, 0.1) is 0 Å². The predicted octanol–water partition coefficient (Wildman–Crippen LogP) is 1.64.